The summed E-state index contributed by atoms with van der Waals surface area (Å²) in [5, 5.41) is 0. The molecule has 2 heterocycles. The average molecular weight is 460 g/mol. The summed E-state index contributed by atoms with van der Waals surface area (Å²) in [7, 11) is 0. The first-order chi connectivity index (χ1) is 15.4. The van der Waals surface area contributed by atoms with Gasteiger partial charge < -0.3 is 18.9 Å². The predicted octanol–water partition coefficient (Wildman–Crippen LogP) is 4.09. The second kappa shape index (κ2) is 9.17. The molecule has 1 fully saturated rings. The second-order valence-electron chi connectivity index (χ2n) is 9.66. The van der Waals surface area contributed by atoms with Gasteiger partial charge in [-0.05, 0) is 48.5 Å². The summed E-state index contributed by atoms with van der Waals surface area (Å²) in [5.41, 5.74) is -1.05. The van der Waals surface area contributed by atoms with Crippen molar-refractivity contribution in [1.82, 2.24) is 4.90 Å². The van der Waals surface area contributed by atoms with E-state index in [1.165, 1.54) is 4.90 Å². The molecule has 8 nitrogen and oxygen atoms in total. The first-order valence-electron chi connectivity index (χ1n) is 11.2. The molecule has 33 heavy (non-hydrogen) atoms. The quantitative estimate of drug-likeness (QED) is 0.484. The Bertz CT molecular complexity index is 945. The van der Waals surface area contributed by atoms with Crippen LogP contribution in [0, 0.1) is 5.92 Å². The lowest BCUT2D eigenvalue weighted by atomic mass is 9.83. The van der Waals surface area contributed by atoms with Crippen LogP contribution in [0.2, 0.25) is 0 Å². The van der Waals surface area contributed by atoms with Gasteiger partial charge in [-0.1, -0.05) is 30.3 Å². The van der Waals surface area contributed by atoms with Crippen LogP contribution in [0.15, 0.2) is 41.7 Å². The van der Waals surface area contributed by atoms with E-state index >= 15 is 0 Å². The van der Waals surface area contributed by atoms with Gasteiger partial charge in [0.25, 0.3) is 0 Å². The molecule has 2 aliphatic rings. The highest BCUT2D eigenvalue weighted by atomic mass is 16.6. The fourth-order valence-electron chi connectivity index (χ4n) is 4.34. The highest BCUT2D eigenvalue weighted by Crippen LogP contribution is 2.43. The molecule has 3 atom stereocenters. The first kappa shape index (κ1) is 24.8. The molecule has 1 aromatic carbocycles. The van der Waals surface area contributed by atoms with Crippen molar-refractivity contribution >= 4 is 17.8 Å². The van der Waals surface area contributed by atoms with Crippen molar-refractivity contribution in [1.29, 1.82) is 0 Å². The van der Waals surface area contributed by atoms with E-state index in [2.05, 4.69) is 0 Å². The molecular formula is C25H33NO7. The fourth-order valence-corrected chi connectivity index (χ4v) is 4.34. The lowest BCUT2D eigenvalue weighted by Gasteiger charge is -2.37. The Morgan fingerprint density at radius 3 is 2.36 bits per heavy atom. The lowest BCUT2D eigenvalue weighted by molar-refractivity contribution is -0.139. The van der Waals surface area contributed by atoms with Crippen molar-refractivity contribution in [3.05, 3.63) is 47.2 Å². The van der Waals surface area contributed by atoms with E-state index in [1.807, 2.05) is 6.07 Å². The van der Waals surface area contributed by atoms with Gasteiger partial charge >= 0.3 is 12.1 Å². The Balaban J connectivity index is 2.06. The number of benzene rings is 1. The summed E-state index contributed by atoms with van der Waals surface area (Å²) in [6.07, 6.45) is -1.60. The second-order valence-corrected chi connectivity index (χ2v) is 9.66. The van der Waals surface area contributed by atoms with E-state index in [0.29, 0.717) is 11.3 Å². The predicted molar refractivity (Wildman–Crippen MR) is 120 cm³/mol. The standard InChI is InChI=1S/C25H33NO7/c1-8-30-22(28)18-15(2)32-21(20(27)16-12-10-9-11-13-16)19(18)17-14-31-25(6,7)26(17)23(29)33-24(3,4)5/h9-13,17,19,21H,8,14H2,1-7H3/t17-,19-,21-/m0/s1. The Morgan fingerprint density at radius 2 is 1.79 bits per heavy atom. The molecule has 0 aromatic heterocycles. The molecule has 0 saturated carbocycles. The van der Waals surface area contributed by atoms with Gasteiger partial charge in [0.15, 0.2) is 6.10 Å². The largest absolute Gasteiger partial charge is 0.486 e. The Labute approximate surface area is 194 Å². The van der Waals surface area contributed by atoms with Gasteiger partial charge in [-0.2, -0.15) is 0 Å². The number of Topliss-reactive ketones (excluding diaryl/α,β-unsaturated/α-hetero) is 1. The number of esters is 1. The number of nitrogens with zero attached hydrogens (tertiary/aromatic N) is 1. The summed E-state index contributed by atoms with van der Waals surface area (Å²) >= 11 is 0. The van der Waals surface area contributed by atoms with Gasteiger partial charge in [0.05, 0.1) is 30.7 Å². The topological polar surface area (TPSA) is 91.4 Å². The minimum atomic E-state index is -1.01. The molecular weight excluding hydrogens is 426 g/mol. The van der Waals surface area contributed by atoms with Crippen molar-refractivity contribution in [3.8, 4) is 0 Å². The molecule has 0 radical (unpaired) electrons. The normalized spacial score (nSPS) is 24.5. The van der Waals surface area contributed by atoms with Crippen LogP contribution in [0.1, 0.15) is 58.8 Å². The molecule has 1 amide bonds. The Kier molecular flexibility index (Phi) is 6.88. The van der Waals surface area contributed by atoms with Crippen molar-refractivity contribution in [2.75, 3.05) is 13.2 Å². The van der Waals surface area contributed by atoms with Gasteiger partial charge in [-0.15, -0.1) is 0 Å². The molecule has 1 saturated heterocycles. The van der Waals surface area contributed by atoms with Crippen LogP contribution in [0.3, 0.4) is 0 Å². The third-order valence-corrected chi connectivity index (χ3v) is 5.68. The van der Waals surface area contributed by atoms with Gasteiger partial charge in [-0.25, -0.2) is 9.59 Å². The molecule has 0 spiro atoms. The van der Waals surface area contributed by atoms with Crippen LogP contribution >= 0.6 is 0 Å². The fraction of sp³-hybridized carbons (Fsp3) is 0.560. The SMILES string of the molecule is CCOC(=O)C1=C(C)O[C@H](C(=O)c2ccccc2)[C@H]1[C@@H]1COC(C)(C)N1C(=O)OC(C)(C)C. The van der Waals surface area contributed by atoms with Crippen LogP contribution in [0.4, 0.5) is 4.79 Å². The molecule has 0 unspecified atom stereocenters. The number of amides is 1. The molecule has 1 aromatic rings. The van der Waals surface area contributed by atoms with E-state index in [4.69, 9.17) is 18.9 Å². The summed E-state index contributed by atoms with van der Waals surface area (Å²) < 4.78 is 22.9. The average Bonchev–Trinajstić information content (AvgIpc) is 3.22. The maximum Gasteiger partial charge on any atom is 0.412 e. The summed E-state index contributed by atoms with van der Waals surface area (Å²) in [6, 6.07) is 8.05. The zero-order valence-corrected chi connectivity index (χ0v) is 20.3. The number of hydrogen-bond acceptors (Lipinski definition) is 7. The summed E-state index contributed by atoms with van der Waals surface area (Å²) in [5.74, 6) is -1.34. The number of carbonyl (C=O) groups is 3. The van der Waals surface area contributed by atoms with Crippen LogP contribution in [-0.2, 0) is 23.7 Å². The minimum absolute atomic E-state index is 0.106. The van der Waals surface area contributed by atoms with E-state index in [9.17, 15) is 14.4 Å². The van der Waals surface area contributed by atoms with E-state index in [0.717, 1.165) is 0 Å². The molecule has 8 heteroatoms. The molecule has 2 aliphatic heterocycles. The van der Waals surface area contributed by atoms with Crippen molar-refractivity contribution in [2.24, 2.45) is 5.92 Å². The Hall–Kier alpha value is -2.87. The Morgan fingerprint density at radius 1 is 1.15 bits per heavy atom. The molecule has 0 N–H and O–H groups in total. The van der Waals surface area contributed by atoms with Crippen molar-refractivity contribution < 1.29 is 33.3 Å². The van der Waals surface area contributed by atoms with Crippen LogP contribution in [0.25, 0.3) is 0 Å². The molecule has 3 rings (SSSR count). The van der Waals surface area contributed by atoms with Gasteiger partial charge in [0.2, 0.25) is 5.78 Å². The minimum Gasteiger partial charge on any atom is -0.486 e. The number of allylic oxidation sites excluding steroid dienone is 1. The monoisotopic (exact) mass is 459 g/mol. The van der Waals surface area contributed by atoms with Gasteiger partial charge in [0, 0.05) is 5.56 Å². The van der Waals surface area contributed by atoms with Crippen LogP contribution in [-0.4, -0.2) is 59.4 Å². The maximum absolute atomic E-state index is 13.5. The first-order valence-corrected chi connectivity index (χ1v) is 11.2. The third kappa shape index (κ3) is 5.05. The number of hydrogen-bond donors (Lipinski definition) is 0. The highest BCUT2D eigenvalue weighted by Gasteiger charge is 2.56. The lowest BCUT2D eigenvalue weighted by Crippen LogP contribution is -2.54. The van der Waals surface area contributed by atoms with Crippen LogP contribution < -0.4 is 0 Å². The van der Waals surface area contributed by atoms with Crippen molar-refractivity contribution in [2.45, 2.75) is 71.9 Å². The number of rotatable bonds is 5. The summed E-state index contributed by atoms with van der Waals surface area (Å²) in [6.45, 7) is 12.4. The third-order valence-electron chi connectivity index (χ3n) is 5.68. The molecule has 0 aliphatic carbocycles. The molecule has 180 valence electrons. The van der Waals surface area contributed by atoms with Crippen molar-refractivity contribution in [3.63, 3.8) is 0 Å². The van der Waals surface area contributed by atoms with Gasteiger partial charge in [-0.3, -0.25) is 9.69 Å². The van der Waals surface area contributed by atoms with Gasteiger partial charge in [0.1, 0.15) is 17.1 Å². The number of ether oxygens (including phenoxy) is 4. The van der Waals surface area contributed by atoms with E-state index in [-0.39, 0.29) is 24.6 Å². The molecule has 0 bridgehead atoms. The van der Waals surface area contributed by atoms with E-state index < -0.39 is 41.5 Å². The zero-order valence-electron chi connectivity index (χ0n) is 20.3. The van der Waals surface area contributed by atoms with E-state index in [1.54, 1.807) is 72.7 Å². The number of carbonyl (C=O) groups excluding carboxylic acids is 3. The smallest absolute Gasteiger partial charge is 0.412 e. The maximum atomic E-state index is 13.5. The zero-order chi connectivity index (χ0) is 24.6. The number of ketones is 1. The summed E-state index contributed by atoms with van der Waals surface area (Å²) in [4.78, 5) is 41.1. The highest BCUT2D eigenvalue weighted by molar-refractivity contribution is 6.02. The van der Waals surface area contributed by atoms with Crippen LogP contribution in [0.5, 0.6) is 0 Å².